The lowest BCUT2D eigenvalue weighted by molar-refractivity contribution is -0.122. The van der Waals surface area contributed by atoms with Gasteiger partial charge in [0.2, 0.25) is 11.2 Å². The molecule has 1 amide bonds. The first-order valence-electron chi connectivity index (χ1n) is 10.6. The number of hydrogen-bond donors (Lipinski definition) is 1. The van der Waals surface area contributed by atoms with Gasteiger partial charge in [-0.25, -0.2) is 0 Å². The van der Waals surface area contributed by atoms with Crippen LogP contribution >= 0.6 is 11.6 Å². The number of carbonyl (C=O) groups excluding carboxylic acids is 1. The molecule has 4 aromatic rings. The number of fused-ring (bicyclic) bond motifs is 1. The zero-order valence-corrected chi connectivity index (χ0v) is 19.6. The Morgan fingerprint density at radius 1 is 1.03 bits per heavy atom. The number of hydrogen-bond acceptors (Lipinski definition) is 4. The summed E-state index contributed by atoms with van der Waals surface area (Å²) in [7, 11) is 0. The van der Waals surface area contributed by atoms with Crippen LogP contribution in [0.1, 0.15) is 23.6 Å². The molecule has 0 bridgehead atoms. The maximum Gasteiger partial charge on any atom is 0.265 e. The second-order valence-corrected chi connectivity index (χ2v) is 8.53. The summed E-state index contributed by atoms with van der Waals surface area (Å²) in [6.45, 7) is 7.48. The van der Waals surface area contributed by atoms with Gasteiger partial charge in [-0.3, -0.25) is 9.59 Å². The van der Waals surface area contributed by atoms with Crippen LogP contribution in [0.15, 0.2) is 69.9 Å². The van der Waals surface area contributed by atoms with Gasteiger partial charge in [0.25, 0.3) is 5.91 Å². The first-order chi connectivity index (χ1) is 15.7. The predicted molar refractivity (Wildman–Crippen MR) is 132 cm³/mol. The summed E-state index contributed by atoms with van der Waals surface area (Å²) in [5.74, 6) is -0.136. The van der Waals surface area contributed by atoms with Crippen LogP contribution in [0, 0.1) is 20.8 Å². The van der Waals surface area contributed by atoms with Crippen LogP contribution in [0.4, 0.5) is 5.69 Å². The molecule has 0 spiro atoms. The molecule has 6 heteroatoms. The van der Waals surface area contributed by atoms with Crippen molar-refractivity contribution in [3.05, 3.63) is 92.6 Å². The zero-order chi connectivity index (χ0) is 23.7. The van der Waals surface area contributed by atoms with Crippen molar-refractivity contribution in [2.24, 2.45) is 0 Å². The molecule has 0 saturated heterocycles. The van der Waals surface area contributed by atoms with Gasteiger partial charge in [-0.05, 0) is 63.1 Å². The van der Waals surface area contributed by atoms with E-state index in [1.54, 1.807) is 19.1 Å². The monoisotopic (exact) mass is 461 g/mol. The van der Waals surface area contributed by atoms with Crippen molar-refractivity contribution in [2.45, 2.75) is 33.8 Å². The van der Waals surface area contributed by atoms with Crippen molar-refractivity contribution in [3.63, 3.8) is 0 Å². The number of halogens is 1. The normalized spacial score (nSPS) is 11.9. The lowest BCUT2D eigenvalue weighted by Crippen LogP contribution is -2.32. The van der Waals surface area contributed by atoms with Crippen LogP contribution in [0.2, 0.25) is 5.02 Å². The van der Waals surface area contributed by atoms with Crippen LogP contribution in [-0.2, 0) is 4.79 Å². The Kier molecular flexibility index (Phi) is 6.25. The van der Waals surface area contributed by atoms with Crippen molar-refractivity contribution in [3.8, 4) is 17.1 Å². The standard InChI is InChI=1S/C27H24ClNO4/c1-15-8-10-19(11-9-15)25-26(24(30)21-14-20(28)12-13-23(21)33-25)32-18(4)27(31)29-22-7-5-6-16(2)17(22)3/h5-14,18H,1-4H3,(H,29,31)/t18-/m1/s1. The van der Waals surface area contributed by atoms with Crippen molar-refractivity contribution >= 4 is 34.2 Å². The van der Waals surface area contributed by atoms with E-state index >= 15 is 0 Å². The fourth-order valence-electron chi connectivity index (χ4n) is 3.50. The Bertz CT molecular complexity index is 1410. The summed E-state index contributed by atoms with van der Waals surface area (Å²) in [6, 6.07) is 18.1. The molecule has 5 nitrogen and oxygen atoms in total. The molecule has 0 saturated carbocycles. The molecular weight excluding hydrogens is 438 g/mol. The summed E-state index contributed by atoms with van der Waals surface area (Å²) >= 11 is 6.11. The van der Waals surface area contributed by atoms with Crippen LogP contribution in [-0.4, -0.2) is 12.0 Å². The number of ether oxygens (including phenoxy) is 1. The molecule has 0 aliphatic carbocycles. The summed E-state index contributed by atoms with van der Waals surface area (Å²) in [6.07, 6.45) is -0.950. The highest BCUT2D eigenvalue weighted by Gasteiger charge is 2.23. The molecule has 1 aromatic heterocycles. The number of anilines is 1. The van der Waals surface area contributed by atoms with E-state index in [-0.39, 0.29) is 28.2 Å². The minimum absolute atomic E-state index is 0.0303. The molecule has 0 aliphatic heterocycles. The second kappa shape index (κ2) is 9.12. The highest BCUT2D eigenvalue weighted by atomic mass is 35.5. The van der Waals surface area contributed by atoms with Crippen molar-refractivity contribution in [1.82, 2.24) is 0 Å². The Balaban J connectivity index is 1.75. The third kappa shape index (κ3) is 4.64. The second-order valence-electron chi connectivity index (χ2n) is 8.09. The Morgan fingerprint density at radius 3 is 2.48 bits per heavy atom. The van der Waals surface area contributed by atoms with Gasteiger partial charge in [-0.1, -0.05) is 53.6 Å². The lowest BCUT2D eigenvalue weighted by Gasteiger charge is -2.18. The molecule has 4 rings (SSSR count). The predicted octanol–water partition coefficient (Wildman–Crippen LogP) is 6.44. The van der Waals surface area contributed by atoms with Gasteiger partial charge < -0.3 is 14.5 Å². The molecular formula is C27H24ClNO4. The van der Waals surface area contributed by atoms with E-state index in [0.29, 0.717) is 21.9 Å². The summed E-state index contributed by atoms with van der Waals surface area (Å²) in [5.41, 5.74) is 4.48. The molecule has 3 aromatic carbocycles. The fourth-order valence-corrected chi connectivity index (χ4v) is 3.68. The average molecular weight is 462 g/mol. The molecule has 0 radical (unpaired) electrons. The van der Waals surface area contributed by atoms with Crippen LogP contribution < -0.4 is 15.5 Å². The molecule has 1 heterocycles. The van der Waals surface area contributed by atoms with Gasteiger partial charge in [-0.2, -0.15) is 0 Å². The Labute approximate surface area is 197 Å². The smallest absolute Gasteiger partial charge is 0.265 e. The van der Waals surface area contributed by atoms with E-state index in [2.05, 4.69) is 5.32 Å². The maximum atomic E-state index is 13.4. The molecule has 1 N–H and O–H groups in total. The van der Waals surface area contributed by atoms with Gasteiger partial charge in [0.1, 0.15) is 5.58 Å². The minimum Gasteiger partial charge on any atom is -0.473 e. The van der Waals surface area contributed by atoms with E-state index in [4.69, 9.17) is 20.8 Å². The van der Waals surface area contributed by atoms with Gasteiger partial charge in [0.05, 0.1) is 5.39 Å². The van der Waals surface area contributed by atoms with Gasteiger partial charge >= 0.3 is 0 Å². The molecule has 168 valence electrons. The minimum atomic E-state index is -0.950. The highest BCUT2D eigenvalue weighted by Crippen LogP contribution is 2.32. The number of aryl methyl sites for hydroxylation is 2. The largest absolute Gasteiger partial charge is 0.473 e. The first kappa shape index (κ1) is 22.6. The number of carbonyl (C=O) groups is 1. The van der Waals surface area contributed by atoms with E-state index in [1.807, 2.05) is 63.2 Å². The molecule has 0 fully saturated rings. The molecule has 33 heavy (non-hydrogen) atoms. The third-order valence-corrected chi connectivity index (χ3v) is 5.89. The first-order valence-corrected chi connectivity index (χ1v) is 11.0. The average Bonchev–Trinajstić information content (AvgIpc) is 2.79. The Morgan fingerprint density at radius 2 is 1.76 bits per heavy atom. The molecule has 0 aliphatic rings. The van der Waals surface area contributed by atoms with Gasteiger partial charge in [0.15, 0.2) is 11.9 Å². The van der Waals surface area contributed by atoms with Gasteiger partial charge in [0, 0.05) is 16.3 Å². The summed E-state index contributed by atoms with van der Waals surface area (Å²) in [4.78, 5) is 26.3. The summed E-state index contributed by atoms with van der Waals surface area (Å²) < 4.78 is 12.0. The van der Waals surface area contributed by atoms with E-state index in [1.165, 1.54) is 6.07 Å². The number of nitrogens with one attached hydrogen (secondary N) is 1. The van der Waals surface area contributed by atoms with Gasteiger partial charge in [-0.15, -0.1) is 0 Å². The topological polar surface area (TPSA) is 68.5 Å². The van der Waals surface area contributed by atoms with E-state index in [0.717, 1.165) is 16.7 Å². The third-order valence-electron chi connectivity index (χ3n) is 5.65. The lowest BCUT2D eigenvalue weighted by atomic mass is 10.1. The van der Waals surface area contributed by atoms with Crippen LogP contribution in [0.3, 0.4) is 0 Å². The van der Waals surface area contributed by atoms with Crippen LogP contribution in [0.25, 0.3) is 22.3 Å². The zero-order valence-electron chi connectivity index (χ0n) is 18.9. The van der Waals surface area contributed by atoms with E-state index in [9.17, 15) is 9.59 Å². The van der Waals surface area contributed by atoms with E-state index < -0.39 is 6.10 Å². The highest BCUT2D eigenvalue weighted by molar-refractivity contribution is 6.31. The van der Waals surface area contributed by atoms with Crippen molar-refractivity contribution < 1.29 is 13.9 Å². The number of rotatable bonds is 5. The molecule has 1 atom stereocenters. The van der Waals surface area contributed by atoms with Crippen molar-refractivity contribution in [2.75, 3.05) is 5.32 Å². The number of benzene rings is 3. The molecule has 0 unspecified atom stereocenters. The SMILES string of the molecule is Cc1ccc(-c2oc3ccc(Cl)cc3c(=O)c2O[C@H](C)C(=O)Nc2cccc(C)c2C)cc1. The van der Waals surface area contributed by atoms with Crippen LogP contribution in [0.5, 0.6) is 5.75 Å². The fraction of sp³-hybridized carbons (Fsp3) is 0.185. The van der Waals surface area contributed by atoms with Crippen molar-refractivity contribution in [1.29, 1.82) is 0 Å². The maximum absolute atomic E-state index is 13.4. The Hall–Kier alpha value is -3.57. The number of amides is 1. The quantitative estimate of drug-likeness (QED) is 0.371. The summed E-state index contributed by atoms with van der Waals surface area (Å²) in [5, 5.41) is 3.58.